The van der Waals surface area contributed by atoms with Crippen molar-refractivity contribution in [1.29, 1.82) is 0 Å². The van der Waals surface area contributed by atoms with Crippen LogP contribution in [-0.4, -0.2) is 9.55 Å². The Morgan fingerprint density at radius 2 is 2.00 bits per heavy atom. The van der Waals surface area contributed by atoms with Gasteiger partial charge in [-0.1, -0.05) is 35.9 Å². The van der Waals surface area contributed by atoms with Gasteiger partial charge in [0.15, 0.2) is 5.82 Å². The molecule has 0 unspecified atom stereocenters. The Labute approximate surface area is 137 Å². The number of halogens is 2. The van der Waals surface area contributed by atoms with E-state index in [1.807, 2.05) is 18.2 Å². The fourth-order valence-corrected chi connectivity index (χ4v) is 2.39. The van der Waals surface area contributed by atoms with Gasteiger partial charge in [-0.05, 0) is 29.8 Å². The minimum Gasteiger partial charge on any atom is -0.361 e. The normalized spacial score (nSPS) is 10.5. The maximum absolute atomic E-state index is 13.3. The van der Waals surface area contributed by atoms with Crippen molar-refractivity contribution in [3.05, 3.63) is 87.7 Å². The summed E-state index contributed by atoms with van der Waals surface area (Å²) in [6.45, 7) is 0.370. The highest BCUT2D eigenvalue weighted by Gasteiger charge is 2.07. The van der Waals surface area contributed by atoms with Crippen molar-refractivity contribution in [3.8, 4) is 5.69 Å². The molecular formula is C17H13ClFN3O. The van der Waals surface area contributed by atoms with Crippen LogP contribution in [0.3, 0.4) is 0 Å². The molecule has 1 aromatic heterocycles. The van der Waals surface area contributed by atoms with Gasteiger partial charge in [-0.2, -0.15) is 0 Å². The first-order valence-electron chi connectivity index (χ1n) is 6.96. The third-order valence-electron chi connectivity index (χ3n) is 3.33. The summed E-state index contributed by atoms with van der Waals surface area (Å²) in [6.07, 6.45) is 2.99. The standard InChI is InChI=1S/C17H13ClFN3O/c18-15-7-2-1-4-12(15)11-21-16-17(23)22(9-8-20-16)14-6-3-5-13(19)10-14/h1-10H,11H2,(H,20,21). The predicted octanol–water partition coefficient (Wildman–Crippen LogP) is 3.64. The van der Waals surface area contributed by atoms with Gasteiger partial charge >= 0.3 is 0 Å². The van der Waals surface area contributed by atoms with Gasteiger partial charge in [0.25, 0.3) is 5.56 Å². The number of nitrogens with one attached hydrogen (secondary N) is 1. The van der Waals surface area contributed by atoms with Crippen LogP contribution in [0, 0.1) is 5.82 Å². The van der Waals surface area contributed by atoms with Crippen molar-refractivity contribution in [2.45, 2.75) is 6.54 Å². The molecule has 4 nitrogen and oxygen atoms in total. The lowest BCUT2D eigenvalue weighted by Gasteiger charge is -2.10. The van der Waals surface area contributed by atoms with Crippen LogP contribution in [0.1, 0.15) is 5.56 Å². The molecule has 6 heteroatoms. The number of benzene rings is 2. The van der Waals surface area contributed by atoms with E-state index in [0.29, 0.717) is 17.3 Å². The van der Waals surface area contributed by atoms with Gasteiger partial charge in [-0.3, -0.25) is 9.36 Å². The number of nitrogens with zero attached hydrogens (tertiary/aromatic N) is 2. The Morgan fingerprint density at radius 3 is 2.78 bits per heavy atom. The molecule has 3 aromatic rings. The van der Waals surface area contributed by atoms with Gasteiger partial charge < -0.3 is 5.32 Å². The number of rotatable bonds is 4. The third kappa shape index (κ3) is 3.40. The summed E-state index contributed by atoms with van der Waals surface area (Å²) in [4.78, 5) is 16.5. The monoisotopic (exact) mass is 329 g/mol. The molecule has 0 aliphatic rings. The van der Waals surface area contributed by atoms with Crippen molar-refractivity contribution in [3.63, 3.8) is 0 Å². The van der Waals surface area contributed by atoms with Crippen LogP contribution < -0.4 is 10.9 Å². The van der Waals surface area contributed by atoms with E-state index < -0.39 is 5.82 Å². The van der Waals surface area contributed by atoms with Crippen LogP contribution in [0.2, 0.25) is 5.02 Å². The number of anilines is 1. The SMILES string of the molecule is O=c1c(NCc2ccccc2Cl)nccn1-c1cccc(F)c1. The highest BCUT2D eigenvalue weighted by molar-refractivity contribution is 6.31. The molecule has 23 heavy (non-hydrogen) atoms. The summed E-state index contributed by atoms with van der Waals surface area (Å²) >= 11 is 6.09. The van der Waals surface area contributed by atoms with Crippen molar-refractivity contribution >= 4 is 17.4 Å². The van der Waals surface area contributed by atoms with Gasteiger partial charge in [0, 0.05) is 24.0 Å². The topological polar surface area (TPSA) is 46.9 Å². The fraction of sp³-hybridized carbons (Fsp3) is 0.0588. The van der Waals surface area contributed by atoms with Crippen LogP contribution in [0.15, 0.2) is 65.7 Å². The molecule has 0 spiro atoms. The van der Waals surface area contributed by atoms with Crippen LogP contribution in [0.5, 0.6) is 0 Å². The van der Waals surface area contributed by atoms with E-state index in [1.54, 1.807) is 18.2 Å². The van der Waals surface area contributed by atoms with E-state index in [2.05, 4.69) is 10.3 Å². The predicted molar refractivity (Wildman–Crippen MR) is 88.6 cm³/mol. The molecular weight excluding hydrogens is 317 g/mol. The van der Waals surface area contributed by atoms with E-state index in [1.165, 1.54) is 29.1 Å². The number of hydrogen-bond acceptors (Lipinski definition) is 3. The smallest absolute Gasteiger partial charge is 0.297 e. The molecule has 0 aliphatic carbocycles. The Bertz CT molecular complexity index is 895. The Kier molecular flexibility index (Phi) is 4.39. The minimum atomic E-state index is -0.406. The first-order chi connectivity index (χ1) is 11.1. The molecule has 0 radical (unpaired) electrons. The Morgan fingerprint density at radius 1 is 1.17 bits per heavy atom. The fourth-order valence-electron chi connectivity index (χ4n) is 2.18. The highest BCUT2D eigenvalue weighted by Crippen LogP contribution is 2.15. The maximum atomic E-state index is 13.3. The summed E-state index contributed by atoms with van der Waals surface area (Å²) in [5.41, 5.74) is 0.944. The minimum absolute atomic E-state index is 0.177. The molecule has 0 saturated heterocycles. The van der Waals surface area contributed by atoms with E-state index in [-0.39, 0.29) is 11.4 Å². The zero-order valence-electron chi connectivity index (χ0n) is 12.0. The third-order valence-corrected chi connectivity index (χ3v) is 3.70. The molecule has 2 aromatic carbocycles. The van der Waals surface area contributed by atoms with Gasteiger partial charge in [-0.25, -0.2) is 9.37 Å². The second kappa shape index (κ2) is 6.62. The molecule has 0 amide bonds. The summed E-state index contributed by atoms with van der Waals surface area (Å²) in [7, 11) is 0. The quantitative estimate of drug-likeness (QED) is 0.795. The van der Waals surface area contributed by atoms with Crippen LogP contribution >= 0.6 is 11.6 Å². The van der Waals surface area contributed by atoms with E-state index in [0.717, 1.165) is 5.56 Å². The van der Waals surface area contributed by atoms with Crippen LogP contribution in [-0.2, 0) is 6.54 Å². The molecule has 0 bridgehead atoms. The molecule has 3 rings (SSSR count). The lowest BCUT2D eigenvalue weighted by atomic mass is 10.2. The van der Waals surface area contributed by atoms with Crippen molar-refractivity contribution in [2.24, 2.45) is 0 Å². The van der Waals surface area contributed by atoms with Crippen LogP contribution in [0.4, 0.5) is 10.2 Å². The van der Waals surface area contributed by atoms with E-state index >= 15 is 0 Å². The number of aromatic nitrogens is 2. The zero-order valence-corrected chi connectivity index (χ0v) is 12.8. The molecule has 116 valence electrons. The molecule has 0 aliphatic heterocycles. The summed E-state index contributed by atoms with van der Waals surface area (Å²) in [5.74, 6) is -0.228. The van der Waals surface area contributed by atoms with Crippen molar-refractivity contribution in [2.75, 3.05) is 5.32 Å². The van der Waals surface area contributed by atoms with Gasteiger partial charge in [0.2, 0.25) is 0 Å². The molecule has 1 heterocycles. The van der Waals surface area contributed by atoms with Gasteiger partial charge in [-0.15, -0.1) is 0 Å². The zero-order chi connectivity index (χ0) is 16.2. The Hall–Kier alpha value is -2.66. The molecule has 0 fully saturated rings. The van der Waals surface area contributed by atoms with Crippen molar-refractivity contribution in [1.82, 2.24) is 9.55 Å². The maximum Gasteiger partial charge on any atom is 0.297 e. The second-order valence-corrected chi connectivity index (χ2v) is 5.28. The van der Waals surface area contributed by atoms with E-state index in [9.17, 15) is 9.18 Å². The van der Waals surface area contributed by atoms with Crippen LogP contribution in [0.25, 0.3) is 5.69 Å². The average Bonchev–Trinajstić information content (AvgIpc) is 2.55. The second-order valence-electron chi connectivity index (χ2n) is 4.88. The summed E-state index contributed by atoms with van der Waals surface area (Å²) in [6, 6.07) is 13.2. The summed E-state index contributed by atoms with van der Waals surface area (Å²) in [5, 5.41) is 3.58. The average molecular weight is 330 g/mol. The highest BCUT2D eigenvalue weighted by atomic mass is 35.5. The first-order valence-corrected chi connectivity index (χ1v) is 7.34. The van der Waals surface area contributed by atoms with Crippen molar-refractivity contribution < 1.29 is 4.39 Å². The summed E-state index contributed by atoms with van der Waals surface area (Å²) < 4.78 is 14.7. The van der Waals surface area contributed by atoms with E-state index in [4.69, 9.17) is 11.6 Å². The van der Waals surface area contributed by atoms with Gasteiger partial charge in [0.1, 0.15) is 5.82 Å². The lowest BCUT2D eigenvalue weighted by Crippen LogP contribution is -2.23. The molecule has 1 N–H and O–H groups in total. The molecule has 0 saturated carbocycles. The number of hydrogen-bond donors (Lipinski definition) is 1. The Balaban J connectivity index is 1.89. The van der Waals surface area contributed by atoms with Gasteiger partial charge in [0.05, 0.1) is 5.69 Å². The first kappa shape index (κ1) is 15.2. The molecule has 0 atom stereocenters. The lowest BCUT2D eigenvalue weighted by molar-refractivity contribution is 0.626. The largest absolute Gasteiger partial charge is 0.361 e.